The number of benzene rings is 1. The summed E-state index contributed by atoms with van der Waals surface area (Å²) in [6, 6.07) is 9.72. The summed E-state index contributed by atoms with van der Waals surface area (Å²) in [4.78, 5) is 37.0. The van der Waals surface area contributed by atoms with Gasteiger partial charge in [0, 0.05) is 51.5 Å². The van der Waals surface area contributed by atoms with Crippen molar-refractivity contribution in [2.24, 2.45) is 10.8 Å². The number of carbonyl (C=O) groups is 2. The third-order valence-electron chi connectivity index (χ3n) is 6.12. The van der Waals surface area contributed by atoms with E-state index in [0.29, 0.717) is 37.6 Å². The van der Waals surface area contributed by atoms with Crippen LogP contribution < -0.4 is 15.6 Å². The molecule has 188 valence electrons. The van der Waals surface area contributed by atoms with Crippen LogP contribution in [0.15, 0.2) is 66.6 Å². The van der Waals surface area contributed by atoms with Crippen molar-refractivity contribution in [2.75, 3.05) is 36.1 Å². The number of aromatic hydroxyl groups is 1. The highest BCUT2D eigenvalue weighted by Gasteiger charge is 2.31. The number of nitrogens with two attached hydrogens (primary N) is 1. The Labute approximate surface area is 211 Å². The van der Waals surface area contributed by atoms with Gasteiger partial charge in [0.1, 0.15) is 12.1 Å². The number of anilines is 2. The largest absolute Gasteiger partial charge is 0.506 e. The van der Waals surface area contributed by atoms with Gasteiger partial charge in [0.2, 0.25) is 5.95 Å². The standard InChI is InChI=1S/C24H24N10O3/c1-26-34(8-7-25)22-20-19(18(35)14-28-22)17(13-27-20)21(36)23(37)31-9-11-32(12-10-31)24-30-29-15-33(24)16-5-3-2-4-6-16/h2-8,13-15,27,35H,1,9-12,25H2/b8-7-. The van der Waals surface area contributed by atoms with E-state index in [0.717, 1.165) is 5.69 Å². The molecule has 0 radical (unpaired) electrons. The summed E-state index contributed by atoms with van der Waals surface area (Å²) < 4.78 is 1.88. The van der Waals surface area contributed by atoms with Crippen molar-refractivity contribution in [1.82, 2.24) is 29.6 Å². The fourth-order valence-electron chi connectivity index (χ4n) is 4.32. The molecule has 3 aromatic heterocycles. The summed E-state index contributed by atoms with van der Waals surface area (Å²) in [5.41, 5.74) is 6.73. The third kappa shape index (κ3) is 4.22. The molecule has 0 bridgehead atoms. The zero-order valence-corrected chi connectivity index (χ0v) is 19.7. The monoisotopic (exact) mass is 500 g/mol. The van der Waals surface area contributed by atoms with Gasteiger partial charge in [-0.3, -0.25) is 14.2 Å². The first-order chi connectivity index (χ1) is 18.0. The van der Waals surface area contributed by atoms with E-state index in [1.54, 1.807) is 6.33 Å². The van der Waals surface area contributed by atoms with Gasteiger partial charge in [-0.2, -0.15) is 5.10 Å². The number of amides is 1. The molecular weight excluding hydrogens is 476 g/mol. The number of ketones is 1. The first-order valence-corrected chi connectivity index (χ1v) is 11.4. The Balaban J connectivity index is 1.34. The van der Waals surface area contributed by atoms with E-state index in [2.05, 4.69) is 32.0 Å². The topological polar surface area (TPSA) is 162 Å². The number of hydrazone groups is 1. The van der Waals surface area contributed by atoms with Crippen LogP contribution in [0.2, 0.25) is 0 Å². The lowest BCUT2D eigenvalue weighted by molar-refractivity contribution is -0.126. The Morgan fingerprint density at radius 3 is 2.65 bits per heavy atom. The highest BCUT2D eigenvalue weighted by molar-refractivity contribution is 6.45. The Bertz CT molecular complexity index is 1490. The van der Waals surface area contributed by atoms with Crippen molar-refractivity contribution in [2.45, 2.75) is 0 Å². The number of aromatic amines is 1. The van der Waals surface area contributed by atoms with Crippen molar-refractivity contribution < 1.29 is 14.7 Å². The Hall–Kier alpha value is -5.20. The molecule has 13 heteroatoms. The number of carbonyl (C=O) groups excluding carboxylic acids is 2. The third-order valence-corrected chi connectivity index (χ3v) is 6.12. The molecule has 1 aromatic carbocycles. The van der Waals surface area contributed by atoms with Gasteiger partial charge in [0.05, 0.1) is 28.4 Å². The molecule has 5 rings (SSSR count). The lowest BCUT2D eigenvalue weighted by atomic mass is 10.1. The number of H-pyrrole nitrogens is 1. The predicted molar refractivity (Wildman–Crippen MR) is 138 cm³/mol. The number of hydrogen-bond donors (Lipinski definition) is 3. The molecule has 13 nitrogen and oxygen atoms in total. The van der Waals surface area contributed by atoms with Crippen LogP contribution in [-0.4, -0.2) is 79.3 Å². The SMILES string of the molecule is C=NN(/C=C\N)c1ncc(O)c2c(C(=O)C(=O)N3CCN(c4nncn4-c4ccccc4)CC3)c[nH]c12. The van der Waals surface area contributed by atoms with Crippen LogP contribution in [0.4, 0.5) is 11.8 Å². The van der Waals surface area contributed by atoms with Crippen molar-refractivity contribution in [3.8, 4) is 11.4 Å². The number of nitrogens with zero attached hydrogens (tertiary/aromatic N) is 8. The van der Waals surface area contributed by atoms with E-state index in [1.165, 1.54) is 34.7 Å². The second-order valence-electron chi connectivity index (χ2n) is 8.19. The highest BCUT2D eigenvalue weighted by atomic mass is 16.3. The van der Waals surface area contributed by atoms with Gasteiger partial charge in [0.25, 0.3) is 11.7 Å². The summed E-state index contributed by atoms with van der Waals surface area (Å²) in [6.07, 6.45) is 6.86. The second-order valence-corrected chi connectivity index (χ2v) is 8.19. The van der Waals surface area contributed by atoms with Gasteiger partial charge in [-0.05, 0) is 12.1 Å². The average Bonchev–Trinajstić information content (AvgIpc) is 3.61. The van der Waals surface area contributed by atoms with Crippen LogP contribution in [0.3, 0.4) is 0 Å². The summed E-state index contributed by atoms with van der Waals surface area (Å²) in [7, 11) is 0. The molecule has 4 heterocycles. The first kappa shape index (κ1) is 23.5. The summed E-state index contributed by atoms with van der Waals surface area (Å²) in [5, 5.41) is 24.0. The normalized spacial score (nSPS) is 13.8. The molecule has 0 aliphatic carbocycles. The van der Waals surface area contributed by atoms with Crippen molar-refractivity contribution in [3.05, 3.63) is 67.0 Å². The van der Waals surface area contributed by atoms with Gasteiger partial charge < -0.3 is 25.6 Å². The maximum atomic E-state index is 13.2. The Morgan fingerprint density at radius 2 is 1.95 bits per heavy atom. The minimum Gasteiger partial charge on any atom is -0.506 e. The maximum absolute atomic E-state index is 13.2. The fourth-order valence-corrected chi connectivity index (χ4v) is 4.32. The molecule has 37 heavy (non-hydrogen) atoms. The van der Waals surface area contributed by atoms with Crippen LogP contribution in [0.25, 0.3) is 16.6 Å². The van der Waals surface area contributed by atoms with Gasteiger partial charge in [-0.1, -0.05) is 18.2 Å². The van der Waals surface area contributed by atoms with Crippen LogP contribution in [0, 0.1) is 0 Å². The zero-order chi connectivity index (χ0) is 25.9. The molecule has 1 aliphatic rings. The molecule has 1 aliphatic heterocycles. The van der Waals surface area contributed by atoms with E-state index >= 15 is 0 Å². The lowest BCUT2D eigenvalue weighted by Crippen LogP contribution is -2.51. The molecule has 0 unspecified atom stereocenters. The molecule has 4 aromatic rings. The Morgan fingerprint density at radius 1 is 1.19 bits per heavy atom. The van der Waals surface area contributed by atoms with Crippen LogP contribution in [-0.2, 0) is 4.79 Å². The molecule has 0 atom stereocenters. The Kier molecular flexibility index (Phi) is 6.24. The molecule has 0 spiro atoms. The molecule has 1 fully saturated rings. The van der Waals surface area contributed by atoms with E-state index in [-0.39, 0.29) is 22.5 Å². The number of para-hydroxylation sites is 1. The number of Topliss-reactive ketones (excluding diaryl/α,β-unsaturated/α-hetero) is 1. The lowest BCUT2D eigenvalue weighted by Gasteiger charge is -2.34. The maximum Gasteiger partial charge on any atom is 0.295 e. The van der Waals surface area contributed by atoms with Gasteiger partial charge in [0.15, 0.2) is 5.82 Å². The highest BCUT2D eigenvalue weighted by Crippen LogP contribution is 2.34. The summed E-state index contributed by atoms with van der Waals surface area (Å²) in [6.45, 7) is 5.07. The van der Waals surface area contributed by atoms with E-state index in [9.17, 15) is 14.7 Å². The van der Waals surface area contributed by atoms with Crippen molar-refractivity contribution in [1.29, 1.82) is 0 Å². The minimum atomic E-state index is -0.743. The fraction of sp³-hybridized carbons (Fsp3) is 0.167. The van der Waals surface area contributed by atoms with E-state index < -0.39 is 11.7 Å². The van der Waals surface area contributed by atoms with Gasteiger partial charge >= 0.3 is 0 Å². The zero-order valence-electron chi connectivity index (χ0n) is 19.7. The molecular formula is C24H24N10O3. The summed E-state index contributed by atoms with van der Waals surface area (Å²) >= 11 is 0. The smallest absolute Gasteiger partial charge is 0.295 e. The number of fused-ring (bicyclic) bond motifs is 1. The van der Waals surface area contributed by atoms with Gasteiger partial charge in [-0.15, -0.1) is 10.2 Å². The number of hydrogen-bond acceptors (Lipinski definition) is 10. The van der Waals surface area contributed by atoms with Crippen LogP contribution in [0.5, 0.6) is 5.75 Å². The van der Waals surface area contributed by atoms with Crippen LogP contribution in [0.1, 0.15) is 10.4 Å². The molecule has 1 saturated heterocycles. The molecule has 4 N–H and O–H groups in total. The number of aromatic nitrogens is 5. The number of nitrogens with one attached hydrogen (secondary N) is 1. The van der Waals surface area contributed by atoms with Crippen molar-refractivity contribution >= 4 is 41.1 Å². The number of rotatable bonds is 7. The quantitative estimate of drug-likeness (QED) is 0.147. The summed E-state index contributed by atoms with van der Waals surface area (Å²) in [5.74, 6) is -0.734. The minimum absolute atomic E-state index is 0.0353. The van der Waals surface area contributed by atoms with E-state index in [1.807, 2.05) is 39.8 Å². The second kappa shape index (κ2) is 9.81. The average molecular weight is 501 g/mol. The van der Waals surface area contributed by atoms with Gasteiger partial charge in [-0.25, -0.2) is 9.99 Å². The van der Waals surface area contributed by atoms with E-state index in [4.69, 9.17) is 5.73 Å². The predicted octanol–water partition coefficient (Wildman–Crippen LogP) is 1.23. The molecule has 1 amide bonds. The number of piperazine rings is 1. The first-order valence-electron chi connectivity index (χ1n) is 11.4. The van der Waals surface area contributed by atoms with Crippen molar-refractivity contribution in [3.63, 3.8) is 0 Å². The van der Waals surface area contributed by atoms with Crippen LogP contribution >= 0.6 is 0 Å². The number of pyridine rings is 1. The molecule has 0 saturated carbocycles.